The summed E-state index contributed by atoms with van der Waals surface area (Å²) in [6.45, 7) is 9.12. The van der Waals surface area contributed by atoms with E-state index in [0.29, 0.717) is 96.0 Å². The van der Waals surface area contributed by atoms with Gasteiger partial charge in [0.2, 0.25) is 0 Å². The quantitative estimate of drug-likeness (QED) is 0.0837. The molecule has 1 unspecified atom stereocenters. The molecule has 0 radical (unpaired) electrons. The van der Waals surface area contributed by atoms with Gasteiger partial charge in [-0.15, -0.1) is 0 Å². The molecule has 15 nitrogen and oxygen atoms in total. The Balaban J connectivity index is 1.90. The Kier molecular flexibility index (Phi) is 16.9. The molecule has 0 bridgehead atoms. The van der Waals surface area contributed by atoms with Crippen molar-refractivity contribution in [2.45, 2.75) is 39.5 Å². The predicted molar refractivity (Wildman–Crippen MR) is 168 cm³/mol. The van der Waals surface area contributed by atoms with Crippen LogP contribution in [-0.2, 0) is 14.4 Å². The van der Waals surface area contributed by atoms with Crippen molar-refractivity contribution in [2.75, 3.05) is 109 Å². The lowest BCUT2D eigenvalue weighted by molar-refractivity contribution is -0.140. The van der Waals surface area contributed by atoms with Crippen LogP contribution in [0.5, 0.6) is 0 Å². The highest BCUT2D eigenvalue weighted by atomic mass is 16.4. The van der Waals surface area contributed by atoms with E-state index in [-0.39, 0.29) is 19.6 Å². The molecule has 15 heteroatoms. The van der Waals surface area contributed by atoms with Crippen LogP contribution < -0.4 is 26.8 Å². The number of anilines is 2. The number of carboxylic acid groups (broad SMARTS) is 3. The van der Waals surface area contributed by atoms with Crippen LogP contribution in [0.4, 0.5) is 11.4 Å². The zero-order valence-corrected chi connectivity index (χ0v) is 26.2. The minimum Gasteiger partial charge on any atom is -0.480 e. The van der Waals surface area contributed by atoms with Crippen molar-refractivity contribution in [2.24, 2.45) is 5.92 Å². The second-order valence-corrected chi connectivity index (χ2v) is 11.6. The number of aliphatic carboxylic acids is 3. The van der Waals surface area contributed by atoms with Crippen LogP contribution in [0, 0.1) is 5.92 Å². The summed E-state index contributed by atoms with van der Waals surface area (Å²) in [6, 6.07) is 0. The molecular weight excluding hydrogens is 574 g/mol. The highest BCUT2D eigenvalue weighted by Crippen LogP contribution is 2.15. The molecular formula is C29H51N7O8. The SMILES string of the molecule is CCC(C)CCCCNc1c(NCCNCN2CCN(CC(=O)O)CCN(CC(=O)O)CCN(CC(=O)O)CC2)c(=O)c1=O. The standard InChI is InChI=1S/C29H51N7O8/c1-3-22(2)6-4-5-7-31-26-27(29(44)28(26)43)32-9-8-30-21-36-16-14-34(19-24(39)40)12-10-33(18-23(37)38)11-13-35(15-17-36)20-25(41)42/h22,30-32H,3-21H2,1-2H3,(H,37,38)(H,39,40)(H,41,42). The van der Waals surface area contributed by atoms with E-state index in [0.717, 1.165) is 25.7 Å². The average Bonchev–Trinajstić information content (AvgIpc) is 2.96. The zero-order valence-electron chi connectivity index (χ0n) is 26.2. The van der Waals surface area contributed by atoms with E-state index in [4.69, 9.17) is 0 Å². The molecule has 0 aliphatic carbocycles. The maximum Gasteiger partial charge on any atom is 0.317 e. The molecule has 1 aliphatic heterocycles. The van der Waals surface area contributed by atoms with Crippen molar-refractivity contribution in [1.82, 2.24) is 24.9 Å². The number of carbonyl (C=O) groups is 3. The number of unbranched alkanes of at least 4 members (excludes halogenated alkanes) is 1. The Morgan fingerprint density at radius 3 is 1.48 bits per heavy atom. The number of rotatable bonds is 19. The average molecular weight is 626 g/mol. The van der Waals surface area contributed by atoms with Crippen molar-refractivity contribution >= 4 is 29.3 Å². The van der Waals surface area contributed by atoms with E-state index in [9.17, 15) is 39.3 Å². The lowest BCUT2D eigenvalue weighted by Crippen LogP contribution is -2.50. The molecule has 1 aromatic rings. The van der Waals surface area contributed by atoms with Crippen molar-refractivity contribution in [3.05, 3.63) is 20.4 Å². The van der Waals surface area contributed by atoms with E-state index in [2.05, 4.69) is 34.7 Å². The molecule has 1 saturated heterocycles. The molecule has 1 aliphatic rings. The molecule has 44 heavy (non-hydrogen) atoms. The summed E-state index contributed by atoms with van der Waals surface area (Å²) in [4.78, 5) is 65.7. The number of nitrogens with zero attached hydrogens (tertiary/aromatic N) is 4. The van der Waals surface area contributed by atoms with Gasteiger partial charge in [-0.05, 0) is 12.3 Å². The molecule has 0 aromatic heterocycles. The Bertz CT molecular complexity index is 1080. The first-order chi connectivity index (χ1) is 21.0. The summed E-state index contributed by atoms with van der Waals surface area (Å²) in [5.74, 6) is -2.26. The summed E-state index contributed by atoms with van der Waals surface area (Å²) >= 11 is 0. The summed E-state index contributed by atoms with van der Waals surface area (Å²) in [5, 5.41) is 37.5. The number of nitrogens with one attached hydrogen (secondary N) is 3. The Morgan fingerprint density at radius 2 is 1.07 bits per heavy atom. The smallest absolute Gasteiger partial charge is 0.317 e. The fourth-order valence-electron chi connectivity index (χ4n) is 5.06. The number of hydrogen-bond acceptors (Lipinski definition) is 12. The van der Waals surface area contributed by atoms with Gasteiger partial charge in [-0.2, -0.15) is 0 Å². The highest BCUT2D eigenvalue weighted by molar-refractivity contribution is 5.74. The normalized spacial score (nSPS) is 17.5. The first kappa shape index (κ1) is 37.1. The molecule has 0 spiro atoms. The Hall–Kier alpha value is -3.11. The highest BCUT2D eigenvalue weighted by Gasteiger charge is 2.21. The number of carboxylic acids is 3. The fourth-order valence-corrected chi connectivity index (χ4v) is 5.06. The van der Waals surface area contributed by atoms with Gasteiger partial charge < -0.3 is 31.3 Å². The van der Waals surface area contributed by atoms with Gasteiger partial charge >= 0.3 is 17.9 Å². The van der Waals surface area contributed by atoms with Gasteiger partial charge in [0.15, 0.2) is 0 Å². The third kappa shape index (κ3) is 14.1. The van der Waals surface area contributed by atoms with Gasteiger partial charge in [-0.1, -0.05) is 33.1 Å². The predicted octanol–water partition coefficient (Wildman–Crippen LogP) is -0.655. The van der Waals surface area contributed by atoms with Gasteiger partial charge in [0.1, 0.15) is 11.4 Å². The van der Waals surface area contributed by atoms with Crippen LogP contribution in [-0.4, -0.2) is 151 Å². The minimum atomic E-state index is -0.997. The molecule has 0 saturated carbocycles. The van der Waals surface area contributed by atoms with Gasteiger partial charge in [-0.25, -0.2) is 0 Å². The molecule has 1 fully saturated rings. The van der Waals surface area contributed by atoms with Gasteiger partial charge in [0.25, 0.3) is 10.9 Å². The van der Waals surface area contributed by atoms with Crippen LogP contribution >= 0.6 is 0 Å². The maximum atomic E-state index is 12.1. The minimum absolute atomic E-state index is 0.173. The molecule has 2 rings (SSSR count). The van der Waals surface area contributed by atoms with Crippen molar-refractivity contribution in [3.8, 4) is 0 Å². The molecule has 1 aromatic carbocycles. The lowest BCUT2D eigenvalue weighted by atomic mass is 10.0. The van der Waals surface area contributed by atoms with Crippen LogP contribution in [0.3, 0.4) is 0 Å². The Labute approximate surface area is 258 Å². The van der Waals surface area contributed by atoms with E-state index < -0.39 is 28.8 Å². The van der Waals surface area contributed by atoms with E-state index in [1.165, 1.54) is 0 Å². The van der Waals surface area contributed by atoms with Crippen LogP contribution in [0.15, 0.2) is 9.59 Å². The third-order valence-corrected chi connectivity index (χ3v) is 7.98. The zero-order chi connectivity index (χ0) is 32.5. The van der Waals surface area contributed by atoms with Gasteiger partial charge in [0, 0.05) is 78.7 Å². The van der Waals surface area contributed by atoms with Gasteiger partial charge in [-0.3, -0.25) is 43.6 Å². The van der Waals surface area contributed by atoms with Crippen LogP contribution in [0.1, 0.15) is 39.5 Å². The van der Waals surface area contributed by atoms with Gasteiger partial charge in [0.05, 0.1) is 19.6 Å². The number of hydrogen-bond donors (Lipinski definition) is 6. The van der Waals surface area contributed by atoms with E-state index >= 15 is 0 Å². The molecule has 0 amide bonds. The maximum absolute atomic E-state index is 12.1. The van der Waals surface area contributed by atoms with Crippen LogP contribution in [0.25, 0.3) is 0 Å². The molecule has 6 N–H and O–H groups in total. The molecule has 1 atom stereocenters. The largest absolute Gasteiger partial charge is 0.480 e. The summed E-state index contributed by atoms with van der Waals surface area (Å²) in [5.41, 5.74) is -0.352. The first-order valence-corrected chi connectivity index (χ1v) is 15.6. The van der Waals surface area contributed by atoms with E-state index in [1.807, 2.05) is 0 Å². The monoisotopic (exact) mass is 625 g/mol. The summed E-state index contributed by atoms with van der Waals surface area (Å²) in [6.07, 6.45) is 4.27. The van der Waals surface area contributed by atoms with Crippen molar-refractivity contribution in [1.29, 1.82) is 0 Å². The second kappa shape index (κ2) is 20.0. The summed E-state index contributed by atoms with van der Waals surface area (Å²) in [7, 11) is 0. The third-order valence-electron chi connectivity index (χ3n) is 7.98. The van der Waals surface area contributed by atoms with Crippen molar-refractivity contribution < 1.29 is 29.7 Å². The molecule has 1 heterocycles. The summed E-state index contributed by atoms with van der Waals surface area (Å²) < 4.78 is 0. The first-order valence-electron chi connectivity index (χ1n) is 15.6. The van der Waals surface area contributed by atoms with Crippen molar-refractivity contribution in [3.63, 3.8) is 0 Å². The fraction of sp³-hybridized carbons (Fsp3) is 0.759. The van der Waals surface area contributed by atoms with E-state index in [1.54, 1.807) is 14.7 Å². The molecule has 250 valence electrons. The second-order valence-electron chi connectivity index (χ2n) is 11.6. The Morgan fingerprint density at radius 1 is 0.659 bits per heavy atom. The lowest BCUT2D eigenvalue weighted by Gasteiger charge is -2.33. The topological polar surface area (TPSA) is 195 Å². The van der Waals surface area contributed by atoms with Crippen LogP contribution in [0.2, 0.25) is 0 Å².